The van der Waals surface area contributed by atoms with E-state index in [-0.39, 0.29) is 0 Å². The topological polar surface area (TPSA) is 0 Å². The Balaban J connectivity index is 0.922. The van der Waals surface area contributed by atoms with E-state index in [2.05, 4.69) is 316 Å². The summed E-state index contributed by atoms with van der Waals surface area (Å²) >= 11 is 0. The molecule has 0 amide bonds. The Bertz CT molecular complexity index is 3000. The lowest BCUT2D eigenvalue weighted by atomic mass is 9.97. The van der Waals surface area contributed by atoms with Gasteiger partial charge in [-0.15, -0.1) is 0 Å². The number of para-hydroxylation sites is 2. The van der Waals surface area contributed by atoms with Crippen LogP contribution in [0.2, 0.25) is 0 Å². The minimum atomic E-state index is 0.429. The van der Waals surface area contributed by atoms with E-state index in [0.717, 1.165) is 33.9 Å². The zero-order chi connectivity index (χ0) is 46.5. The van der Waals surface area contributed by atoms with Gasteiger partial charge in [0.05, 0.1) is 0 Å². The monoisotopic (exact) mass is 882 g/mol. The summed E-state index contributed by atoms with van der Waals surface area (Å²) in [6.45, 7) is 0. The smallest absolute Gasteiger partial charge is 0.148 e. The average Bonchev–Trinajstić information content (AvgIpc) is 3.44. The molecule has 10 aromatic carbocycles. The van der Waals surface area contributed by atoms with E-state index in [1.165, 1.54) is 55.7 Å². The van der Waals surface area contributed by atoms with Gasteiger partial charge in [-0.3, -0.25) is 0 Å². The normalized spacial score (nSPS) is 11.4. The predicted molar refractivity (Wildman–Crippen MR) is 295 cm³/mol. The van der Waals surface area contributed by atoms with Crippen LogP contribution in [0.15, 0.2) is 303 Å². The molecular formula is C68H52N+. The SMILES string of the molecule is C(=Cc1ccc(-c2ccc([N+](c3ccccc3)(c3ccccc3)c3ccc(-c4ccc(C=CC=C(c5ccccc5)c5ccccc5)cc4)cc3)cc2)cc1)C=C(c1ccccc1)c1ccccc1. The third-order valence-corrected chi connectivity index (χ3v) is 12.7. The minimum Gasteiger partial charge on any atom is -0.194 e. The third kappa shape index (κ3) is 9.97. The third-order valence-electron chi connectivity index (χ3n) is 12.7. The van der Waals surface area contributed by atoms with Gasteiger partial charge in [-0.1, -0.05) is 243 Å². The van der Waals surface area contributed by atoms with Crippen LogP contribution in [0.25, 0.3) is 45.6 Å². The van der Waals surface area contributed by atoms with Gasteiger partial charge in [0.15, 0.2) is 0 Å². The molecule has 0 fully saturated rings. The number of hydrogen-bond donors (Lipinski definition) is 0. The largest absolute Gasteiger partial charge is 0.194 e. The van der Waals surface area contributed by atoms with Gasteiger partial charge in [0.1, 0.15) is 22.7 Å². The lowest BCUT2D eigenvalue weighted by molar-refractivity contribution is 0.704. The molecule has 0 atom stereocenters. The Kier molecular flexibility index (Phi) is 13.5. The molecule has 1 heteroatoms. The Labute approximate surface area is 407 Å². The van der Waals surface area contributed by atoms with E-state index in [1.54, 1.807) is 0 Å². The summed E-state index contributed by atoms with van der Waals surface area (Å²) in [5.74, 6) is 0. The lowest BCUT2D eigenvalue weighted by Gasteiger charge is -2.37. The molecule has 0 saturated heterocycles. The molecule has 1 nitrogen and oxygen atoms in total. The van der Waals surface area contributed by atoms with Gasteiger partial charge in [-0.05, 0) is 91.0 Å². The van der Waals surface area contributed by atoms with Crippen molar-refractivity contribution < 1.29 is 0 Å². The first-order valence-electron chi connectivity index (χ1n) is 23.6. The Morgan fingerprint density at radius 1 is 0.232 bits per heavy atom. The minimum absolute atomic E-state index is 0.429. The first kappa shape index (κ1) is 44.0. The Hall–Kier alpha value is -8.88. The molecular weight excluding hydrogens is 831 g/mol. The molecule has 0 unspecified atom stereocenters. The van der Waals surface area contributed by atoms with Gasteiger partial charge in [-0.25, -0.2) is 0 Å². The van der Waals surface area contributed by atoms with Crippen LogP contribution < -0.4 is 4.48 Å². The van der Waals surface area contributed by atoms with Gasteiger partial charge in [0.2, 0.25) is 0 Å². The molecule has 0 aliphatic rings. The number of nitrogens with zero attached hydrogens (tertiary/aromatic N) is 1. The number of allylic oxidation sites excluding steroid dienone is 4. The highest BCUT2D eigenvalue weighted by molar-refractivity contribution is 5.85. The van der Waals surface area contributed by atoms with Crippen LogP contribution in [0.4, 0.5) is 22.7 Å². The number of hydrogen-bond acceptors (Lipinski definition) is 0. The summed E-state index contributed by atoms with van der Waals surface area (Å²) < 4.78 is 0.429. The molecule has 10 aromatic rings. The first-order chi connectivity index (χ1) is 34.2. The summed E-state index contributed by atoms with van der Waals surface area (Å²) in [7, 11) is 0. The van der Waals surface area contributed by atoms with E-state index in [9.17, 15) is 0 Å². The van der Waals surface area contributed by atoms with Gasteiger partial charge in [0, 0.05) is 48.5 Å². The molecule has 10 rings (SSSR count). The molecule has 0 radical (unpaired) electrons. The van der Waals surface area contributed by atoms with Crippen molar-refractivity contribution in [3.63, 3.8) is 0 Å². The van der Waals surface area contributed by atoms with Crippen molar-refractivity contribution in [2.24, 2.45) is 0 Å². The molecule has 69 heavy (non-hydrogen) atoms. The second kappa shape index (κ2) is 21.2. The number of rotatable bonds is 14. The molecule has 0 spiro atoms. The predicted octanol–water partition coefficient (Wildman–Crippen LogP) is 18.6. The zero-order valence-corrected chi connectivity index (χ0v) is 38.5. The Morgan fingerprint density at radius 2 is 0.464 bits per heavy atom. The van der Waals surface area contributed by atoms with Crippen LogP contribution in [-0.4, -0.2) is 0 Å². The second-order valence-electron chi connectivity index (χ2n) is 17.0. The molecule has 0 N–H and O–H groups in total. The standard InChI is InChI=1S/C68H52N/c1-7-23-59(24-8-1)67(60-25-9-2-10-26-60)35-19-21-53-37-41-55(42-38-53)57-45-49-65(50-46-57)69(63-31-15-5-16-32-63,64-33-17-6-18-34-64)66-51-47-58(48-52-66)56-43-39-54(40-44-56)22-20-36-68(61-27-11-3-12-28-61)62-29-13-4-14-30-62/h1-52H/q+1. The fraction of sp³-hybridized carbons (Fsp3) is 0. The van der Waals surface area contributed by atoms with Gasteiger partial charge in [-0.2, -0.15) is 4.48 Å². The molecule has 0 aromatic heterocycles. The quantitative estimate of drug-likeness (QED) is 0.0754. The molecule has 0 saturated carbocycles. The maximum atomic E-state index is 2.29. The molecule has 0 aliphatic carbocycles. The van der Waals surface area contributed by atoms with E-state index in [0.29, 0.717) is 4.48 Å². The van der Waals surface area contributed by atoms with Gasteiger partial charge < -0.3 is 0 Å². The fourth-order valence-electron chi connectivity index (χ4n) is 9.23. The first-order valence-corrected chi connectivity index (χ1v) is 23.6. The van der Waals surface area contributed by atoms with Crippen molar-refractivity contribution in [2.45, 2.75) is 0 Å². The van der Waals surface area contributed by atoms with Crippen molar-refractivity contribution >= 4 is 46.0 Å². The van der Waals surface area contributed by atoms with Crippen LogP contribution in [0, 0.1) is 0 Å². The molecule has 0 aliphatic heterocycles. The molecule has 0 bridgehead atoms. The molecule has 328 valence electrons. The second-order valence-corrected chi connectivity index (χ2v) is 17.0. The van der Waals surface area contributed by atoms with E-state index < -0.39 is 0 Å². The van der Waals surface area contributed by atoms with Gasteiger partial charge >= 0.3 is 0 Å². The highest BCUT2D eigenvalue weighted by atomic mass is 15.4. The lowest BCUT2D eigenvalue weighted by Crippen LogP contribution is -2.33. The van der Waals surface area contributed by atoms with Crippen LogP contribution in [-0.2, 0) is 0 Å². The highest BCUT2D eigenvalue weighted by Crippen LogP contribution is 2.52. The highest BCUT2D eigenvalue weighted by Gasteiger charge is 2.39. The summed E-state index contributed by atoms with van der Waals surface area (Å²) in [4.78, 5) is 0. The van der Waals surface area contributed by atoms with Crippen molar-refractivity contribution in [1.82, 2.24) is 4.48 Å². The average molecular weight is 883 g/mol. The van der Waals surface area contributed by atoms with Crippen LogP contribution in [0.1, 0.15) is 33.4 Å². The Morgan fingerprint density at radius 3 is 0.739 bits per heavy atom. The zero-order valence-electron chi connectivity index (χ0n) is 38.5. The summed E-state index contributed by atoms with van der Waals surface area (Å²) in [5.41, 5.74) is 18.8. The van der Waals surface area contributed by atoms with Crippen LogP contribution in [0.5, 0.6) is 0 Å². The van der Waals surface area contributed by atoms with Crippen LogP contribution >= 0.6 is 0 Å². The maximum Gasteiger partial charge on any atom is 0.148 e. The van der Waals surface area contributed by atoms with E-state index >= 15 is 0 Å². The summed E-state index contributed by atoms with van der Waals surface area (Å²) in [6.07, 6.45) is 13.1. The fourth-order valence-corrected chi connectivity index (χ4v) is 9.23. The summed E-state index contributed by atoms with van der Waals surface area (Å²) in [6, 6.07) is 99.9. The van der Waals surface area contributed by atoms with Crippen molar-refractivity contribution in [2.75, 3.05) is 0 Å². The number of quaternary nitrogens is 1. The summed E-state index contributed by atoms with van der Waals surface area (Å²) in [5, 5.41) is 0. The van der Waals surface area contributed by atoms with Gasteiger partial charge in [0.25, 0.3) is 0 Å². The van der Waals surface area contributed by atoms with Crippen molar-refractivity contribution in [1.29, 1.82) is 0 Å². The van der Waals surface area contributed by atoms with Crippen molar-refractivity contribution in [3.8, 4) is 22.3 Å². The molecule has 0 heterocycles. The van der Waals surface area contributed by atoms with Crippen molar-refractivity contribution in [3.05, 3.63) is 337 Å². The maximum absolute atomic E-state index is 2.29. The van der Waals surface area contributed by atoms with Crippen LogP contribution in [0.3, 0.4) is 0 Å². The number of benzene rings is 10. The van der Waals surface area contributed by atoms with E-state index in [4.69, 9.17) is 0 Å². The van der Waals surface area contributed by atoms with E-state index in [1.807, 2.05) is 0 Å².